The van der Waals surface area contributed by atoms with Gasteiger partial charge in [-0.25, -0.2) is 4.39 Å². The van der Waals surface area contributed by atoms with Crippen LogP contribution in [0, 0.1) is 5.82 Å². The molecule has 2 rings (SSSR count). The molecule has 0 aliphatic heterocycles. The highest BCUT2D eigenvalue weighted by Gasteiger charge is 2.14. The molecule has 1 amide bonds. The maximum Gasteiger partial charge on any atom is 0.258 e. The summed E-state index contributed by atoms with van der Waals surface area (Å²) in [6, 6.07) is 8.82. The molecule has 0 aliphatic rings. The maximum absolute atomic E-state index is 13.8. The number of halogens is 1. The zero-order valence-corrected chi connectivity index (χ0v) is 11.6. The van der Waals surface area contributed by atoms with E-state index < -0.39 is 11.7 Å². The first-order valence-electron chi connectivity index (χ1n) is 6.13. The predicted molar refractivity (Wildman–Crippen MR) is 78.3 cm³/mol. The largest absolute Gasteiger partial charge is 0.497 e. The first-order valence-corrected chi connectivity index (χ1v) is 6.13. The molecule has 0 fully saturated rings. The minimum atomic E-state index is -0.673. The zero-order valence-electron chi connectivity index (χ0n) is 11.6. The van der Waals surface area contributed by atoms with E-state index in [4.69, 9.17) is 15.2 Å². The summed E-state index contributed by atoms with van der Waals surface area (Å²) in [4.78, 5) is 12.1. The summed E-state index contributed by atoms with van der Waals surface area (Å²) in [5, 5.41) is 2.55. The standard InChI is InChI=1S/C15H15FN2O3/c1-20-9-3-5-11(12(16)7-9)15(19)18-14-8-10(21-2)4-6-13(14)17/h3-8H,17H2,1-2H3,(H,18,19). The third-order valence-electron chi connectivity index (χ3n) is 2.93. The van der Waals surface area contributed by atoms with Crippen molar-refractivity contribution in [3.8, 4) is 11.5 Å². The minimum Gasteiger partial charge on any atom is -0.497 e. The highest BCUT2D eigenvalue weighted by Crippen LogP contribution is 2.25. The van der Waals surface area contributed by atoms with Crippen molar-refractivity contribution in [3.05, 3.63) is 47.8 Å². The molecule has 2 aromatic carbocycles. The van der Waals surface area contributed by atoms with E-state index in [1.165, 1.54) is 26.4 Å². The molecule has 0 atom stereocenters. The molecule has 0 heterocycles. The number of benzene rings is 2. The number of nitrogens with one attached hydrogen (secondary N) is 1. The summed E-state index contributed by atoms with van der Waals surface area (Å²) < 4.78 is 23.8. The number of ether oxygens (including phenoxy) is 2. The van der Waals surface area contributed by atoms with Crippen LogP contribution in [0.4, 0.5) is 15.8 Å². The lowest BCUT2D eigenvalue weighted by Gasteiger charge is -2.11. The highest BCUT2D eigenvalue weighted by atomic mass is 19.1. The Hall–Kier alpha value is -2.76. The molecule has 0 radical (unpaired) electrons. The number of amides is 1. The van der Waals surface area contributed by atoms with Crippen LogP contribution < -0.4 is 20.5 Å². The Labute approximate surface area is 121 Å². The van der Waals surface area contributed by atoms with Crippen LogP contribution in [0.5, 0.6) is 11.5 Å². The van der Waals surface area contributed by atoms with Crippen molar-refractivity contribution in [2.24, 2.45) is 0 Å². The third-order valence-corrected chi connectivity index (χ3v) is 2.93. The van der Waals surface area contributed by atoms with Crippen LogP contribution in [-0.4, -0.2) is 20.1 Å². The number of carbonyl (C=O) groups is 1. The van der Waals surface area contributed by atoms with Crippen molar-refractivity contribution < 1.29 is 18.7 Å². The summed E-state index contributed by atoms with van der Waals surface area (Å²) in [7, 11) is 2.92. The lowest BCUT2D eigenvalue weighted by Crippen LogP contribution is -2.15. The van der Waals surface area contributed by atoms with Crippen LogP contribution in [0.25, 0.3) is 0 Å². The molecular weight excluding hydrogens is 275 g/mol. The van der Waals surface area contributed by atoms with Crippen molar-refractivity contribution in [2.75, 3.05) is 25.3 Å². The smallest absolute Gasteiger partial charge is 0.258 e. The fourth-order valence-corrected chi connectivity index (χ4v) is 1.77. The Balaban J connectivity index is 2.26. The van der Waals surface area contributed by atoms with Gasteiger partial charge in [-0.05, 0) is 24.3 Å². The molecule has 0 spiro atoms. The van der Waals surface area contributed by atoms with Gasteiger partial charge in [-0.15, -0.1) is 0 Å². The van der Waals surface area contributed by atoms with E-state index >= 15 is 0 Å². The molecule has 0 bridgehead atoms. The van der Waals surface area contributed by atoms with Gasteiger partial charge in [-0.1, -0.05) is 0 Å². The second kappa shape index (κ2) is 6.13. The van der Waals surface area contributed by atoms with Crippen LogP contribution in [0.2, 0.25) is 0 Å². The maximum atomic E-state index is 13.8. The second-order valence-corrected chi connectivity index (χ2v) is 4.25. The number of nitrogens with two attached hydrogens (primary N) is 1. The van der Waals surface area contributed by atoms with Crippen LogP contribution in [-0.2, 0) is 0 Å². The number of anilines is 2. The first-order chi connectivity index (χ1) is 10.0. The first kappa shape index (κ1) is 14.6. The number of methoxy groups -OCH3 is 2. The molecule has 0 saturated carbocycles. The SMILES string of the molecule is COc1ccc(C(=O)Nc2cc(OC)ccc2N)c(F)c1. The third kappa shape index (κ3) is 3.22. The Bertz CT molecular complexity index is 674. The molecule has 0 unspecified atom stereocenters. The zero-order chi connectivity index (χ0) is 15.4. The van der Waals surface area contributed by atoms with E-state index in [-0.39, 0.29) is 5.56 Å². The van der Waals surface area contributed by atoms with Gasteiger partial charge in [0.15, 0.2) is 0 Å². The van der Waals surface area contributed by atoms with Gasteiger partial charge in [0, 0.05) is 12.1 Å². The van der Waals surface area contributed by atoms with Crippen LogP contribution >= 0.6 is 0 Å². The summed E-state index contributed by atoms with van der Waals surface area (Å²) in [5.74, 6) is -0.400. The number of rotatable bonds is 4. The van der Waals surface area contributed by atoms with Gasteiger partial charge >= 0.3 is 0 Å². The molecule has 2 aromatic rings. The van der Waals surface area contributed by atoms with Gasteiger partial charge in [-0.2, -0.15) is 0 Å². The molecule has 110 valence electrons. The van der Waals surface area contributed by atoms with Crippen molar-refractivity contribution in [2.45, 2.75) is 0 Å². The van der Waals surface area contributed by atoms with Gasteiger partial charge in [0.25, 0.3) is 5.91 Å². The summed E-state index contributed by atoms with van der Waals surface area (Å²) >= 11 is 0. The molecule has 0 saturated heterocycles. The monoisotopic (exact) mass is 290 g/mol. The normalized spacial score (nSPS) is 10.0. The van der Waals surface area contributed by atoms with Crippen molar-refractivity contribution in [1.29, 1.82) is 0 Å². The van der Waals surface area contributed by atoms with E-state index in [2.05, 4.69) is 5.32 Å². The van der Waals surface area contributed by atoms with Gasteiger partial charge in [-0.3, -0.25) is 4.79 Å². The van der Waals surface area contributed by atoms with Gasteiger partial charge < -0.3 is 20.5 Å². The van der Waals surface area contributed by atoms with Crippen LogP contribution in [0.3, 0.4) is 0 Å². The van der Waals surface area contributed by atoms with E-state index in [0.717, 1.165) is 6.07 Å². The second-order valence-electron chi connectivity index (χ2n) is 4.25. The molecule has 21 heavy (non-hydrogen) atoms. The van der Waals surface area contributed by atoms with Gasteiger partial charge in [0.05, 0.1) is 31.2 Å². The average molecular weight is 290 g/mol. The highest BCUT2D eigenvalue weighted by molar-refractivity contribution is 6.06. The summed E-state index contributed by atoms with van der Waals surface area (Å²) in [6.07, 6.45) is 0. The van der Waals surface area contributed by atoms with Crippen LogP contribution in [0.15, 0.2) is 36.4 Å². The lowest BCUT2D eigenvalue weighted by atomic mass is 10.1. The average Bonchev–Trinajstić information content (AvgIpc) is 2.49. The molecule has 0 aromatic heterocycles. The number of carbonyl (C=O) groups excluding carboxylic acids is 1. The molecule has 6 heteroatoms. The fraction of sp³-hybridized carbons (Fsp3) is 0.133. The molecule has 0 aliphatic carbocycles. The topological polar surface area (TPSA) is 73.6 Å². The summed E-state index contributed by atoms with van der Waals surface area (Å²) in [6.45, 7) is 0. The lowest BCUT2D eigenvalue weighted by molar-refractivity contribution is 0.102. The van der Waals surface area contributed by atoms with Crippen molar-refractivity contribution in [1.82, 2.24) is 0 Å². The van der Waals surface area contributed by atoms with Crippen molar-refractivity contribution >= 4 is 17.3 Å². The van der Waals surface area contributed by atoms with E-state index in [0.29, 0.717) is 22.9 Å². The van der Waals surface area contributed by atoms with E-state index in [9.17, 15) is 9.18 Å². The van der Waals surface area contributed by atoms with Crippen molar-refractivity contribution in [3.63, 3.8) is 0 Å². The Morgan fingerprint density at radius 2 is 1.71 bits per heavy atom. The summed E-state index contributed by atoms with van der Waals surface area (Å²) in [5.41, 5.74) is 6.39. The number of hydrogen-bond donors (Lipinski definition) is 2. The van der Waals surface area contributed by atoms with E-state index in [1.54, 1.807) is 18.2 Å². The minimum absolute atomic E-state index is 0.0991. The fourth-order valence-electron chi connectivity index (χ4n) is 1.77. The predicted octanol–water partition coefficient (Wildman–Crippen LogP) is 2.68. The molecular formula is C15H15FN2O3. The Morgan fingerprint density at radius 1 is 1.10 bits per heavy atom. The van der Waals surface area contributed by atoms with E-state index in [1.807, 2.05) is 0 Å². The molecule has 3 N–H and O–H groups in total. The molecule has 5 nitrogen and oxygen atoms in total. The van der Waals surface area contributed by atoms with Crippen LogP contribution in [0.1, 0.15) is 10.4 Å². The Morgan fingerprint density at radius 3 is 2.33 bits per heavy atom. The quantitative estimate of drug-likeness (QED) is 0.849. The van der Waals surface area contributed by atoms with Gasteiger partial charge in [0.1, 0.15) is 17.3 Å². The Kier molecular flexibility index (Phi) is 4.27. The number of nitrogen functional groups attached to an aromatic ring is 1. The number of hydrogen-bond acceptors (Lipinski definition) is 4. The van der Waals surface area contributed by atoms with Gasteiger partial charge in [0.2, 0.25) is 0 Å².